The molecule has 0 aromatic heterocycles. The maximum absolute atomic E-state index is 13.1. The first-order valence-electron chi connectivity index (χ1n) is 6.30. The summed E-state index contributed by atoms with van der Waals surface area (Å²) in [6.45, 7) is 0.727. The van der Waals surface area contributed by atoms with Gasteiger partial charge >= 0.3 is 0 Å². The molecule has 2 N–H and O–H groups in total. The smallest absolute Gasteiger partial charge is 0.123 e. The summed E-state index contributed by atoms with van der Waals surface area (Å²) in [4.78, 5) is 0. The van der Waals surface area contributed by atoms with Crippen molar-refractivity contribution in [3.8, 4) is 0 Å². The van der Waals surface area contributed by atoms with Crippen molar-refractivity contribution in [3.63, 3.8) is 0 Å². The molecular formula is C16H18FN. The highest BCUT2D eigenvalue weighted by Crippen LogP contribution is 2.12. The number of aryl methyl sites for hydroxylation is 1. The molecule has 0 aliphatic heterocycles. The molecule has 0 radical (unpaired) electrons. The Balaban J connectivity index is 2.02. The van der Waals surface area contributed by atoms with E-state index in [-0.39, 0.29) is 5.82 Å². The van der Waals surface area contributed by atoms with E-state index in [4.69, 9.17) is 5.73 Å². The normalized spacial score (nSPS) is 10.6. The van der Waals surface area contributed by atoms with Crippen molar-refractivity contribution >= 4 is 0 Å². The third-order valence-electron chi connectivity index (χ3n) is 2.99. The first-order chi connectivity index (χ1) is 8.78. The molecular weight excluding hydrogens is 225 g/mol. The van der Waals surface area contributed by atoms with Crippen molar-refractivity contribution in [2.24, 2.45) is 5.73 Å². The summed E-state index contributed by atoms with van der Waals surface area (Å²) in [6.07, 6.45) is 2.81. The van der Waals surface area contributed by atoms with Gasteiger partial charge in [-0.2, -0.15) is 0 Å². The van der Waals surface area contributed by atoms with E-state index < -0.39 is 0 Å². The van der Waals surface area contributed by atoms with Gasteiger partial charge in [-0.3, -0.25) is 0 Å². The molecule has 0 bridgehead atoms. The summed E-state index contributed by atoms with van der Waals surface area (Å²) in [5, 5.41) is 0. The van der Waals surface area contributed by atoms with Gasteiger partial charge in [0.05, 0.1) is 0 Å². The minimum Gasteiger partial charge on any atom is -0.330 e. The van der Waals surface area contributed by atoms with E-state index in [0.29, 0.717) is 0 Å². The topological polar surface area (TPSA) is 26.0 Å². The van der Waals surface area contributed by atoms with Gasteiger partial charge in [-0.1, -0.05) is 36.4 Å². The van der Waals surface area contributed by atoms with Crippen LogP contribution in [0.15, 0.2) is 48.5 Å². The van der Waals surface area contributed by atoms with E-state index in [2.05, 4.69) is 24.3 Å². The van der Waals surface area contributed by atoms with Gasteiger partial charge in [0.25, 0.3) is 0 Å². The van der Waals surface area contributed by atoms with Crippen LogP contribution in [0.25, 0.3) is 0 Å². The average Bonchev–Trinajstić information content (AvgIpc) is 2.38. The highest BCUT2D eigenvalue weighted by atomic mass is 19.1. The van der Waals surface area contributed by atoms with E-state index in [9.17, 15) is 4.39 Å². The third kappa shape index (κ3) is 3.67. The van der Waals surface area contributed by atoms with Crippen molar-refractivity contribution in [3.05, 3.63) is 71.0 Å². The lowest BCUT2D eigenvalue weighted by Gasteiger charge is -2.04. The Morgan fingerprint density at radius 1 is 0.889 bits per heavy atom. The van der Waals surface area contributed by atoms with Crippen LogP contribution >= 0.6 is 0 Å². The Morgan fingerprint density at radius 2 is 1.61 bits per heavy atom. The maximum atomic E-state index is 13.1. The van der Waals surface area contributed by atoms with Gasteiger partial charge in [0.2, 0.25) is 0 Å². The zero-order valence-electron chi connectivity index (χ0n) is 10.4. The van der Waals surface area contributed by atoms with Crippen LogP contribution in [-0.4, -0.2) is 6.54 Å². The zero-order valence-corrected chi connectivity index (χ0v) is 10.4. The molecule has 2 aromatic rings. The molecule has 0 saturated carbocycles. The number of hydrogen-bond acceptors (Lipinski definition) is 1. The summed E-state index contributed by atoms with van der Waals surface area (Å²) in [5.74, 6) is -0.174. The van der Waals surface area contributed by atoms with Gasteiger partial charge in [-0.25, -0.2) is 4.39 Å². The SMILES string of the molecule is NCCCc1ccc(Cc2cccc(F)c2)cc1. The Labute approximate surface area is 107 Å². The molecule has 0 aliphatic rings. The zero-order chi connectivity index (χ0) is 12.8. The van der Waals surface area contributed by atoms with Crippen LogP contribution < -0.4 is 5.73 Å². The highest BCUT2D eigenvalue weighted by Gasteiger charge is 1.99. The van der Waals surface area contributed by atoms with E-state index in [1.54, 1.807) is 12.1 Å². The van der Waals surface area contributed by atoms with E-state index >= 15 is 0 Å². The lowest BCUT2D eigenvalue weighted by molar-refractivity contribution is 0.626. The second-order valence-corrected chi connectivity index (χ2v) is 4.52. The highest BCUT2D eigenvalue weighted by molar-refractivity contribution is 5.29. The predicted octanol–water partition coefficient (Wildman–Crippen LogP) is 3.31. The number of rotatable bonds is 5. The minimum absolute atomic E-state index is 0.174. The first-order valence-corrected chi connectivity index (χ1v) is 6.30. The van der Waals surface area contributed by atoms with Crippen molar-refractivity contribution in [1.82, 2.24) is 0 Å². The molecule has 1 nitrogen and oxygen atoms in total. The van der Waals surface area contributed by atoms with Gasteiger partial charge < -0.3 is 5.73 Å². The Bertz CT molecular complexity index is 491. The van der Waals surface area contributed by atoms with Crippen molar-refractivity contribution < 1.29 is 4.39 Å². The standard InChI is InChI=1S/C16H18FN/c17-16-5-1-3-15(12-16)11-14-8-6-13(7-9-14)4-2-10-18/h1,3,5-9,12H,2,4,10-11,18H2. The minimum atomic E-state index is -0.174. The van der Waals surface area contributed by atoms with Crippen molar-refractivity contribution in [2.75, 3.05) is 6.54 Å². The molecule has 0 unspecified atom stereocenters. The van der Waals surface area contributed by atoms with Crippen LogP contribution in [-0.2, 0) is 12.8 Å². The second-order valence-electron chi connectivity index (χ2n) is 4.52. The molecule has 0 heterocycles. The molecule has 0 amide bonds. The summed E-state index contributed by atoms with van der Waals surface area (Å²) in [6, 6.07) is 15.2. The molecule has 0 saturated heterocycles. The Hall–Kier alpha value is -1.67. The average molecular weight is 243 g/mol. The largest absolute Gasteiger partial charge is 0.330 e. The molecule has 0 fully saturated rings. The maximum Gasteiger partial charge on any atom is 0.123 e. The van der Waals surface area contributed by atoms with Crippen molar-refractivity contribution in [2.45, 2.75) is 19.3 Å². The predicted molar refractivity (Wildman–Crippen MR) is 73.0 cm³/mol. The number of nitrogens with two attached hydrogens (primary N) is 1. The van der Waals surface area contributed by atoms with Crippen LogP contribution in [0.1, 0.15) is 23.1 Å². The van der Waals surface area contributed by atoms with Gasteiger partial charge in [0.15, 0.2) is 0 Å². The number of benzene rings is 2. The fourth-order valence-electron chi connectivity index (χ4n) is 2.01. The van der Waals surface area contributed by atoms with Crippen LogP contribution in [0.2, 0.25) is 0 Å². The summed E-state index contributed by atoms with van der Waals surface area (Å²) in [7, 11) is 0. The molecule has 18 heavy (non-hydrogen) atoms. The molecule has 94 valence electrons. The van der Waals surface area contributed by atoms with Gasteiger partial charge in [0, 0.05) is 0 Å². The van der Waals surface area contributed by atoms with Crippen LogP contribution in [0.4, 0.5) is 4.39 Å². The summed E-state index contributed by atoms with van der Waals surface area (Å²) < 4.78 is 13.1. The monoisotopic (exact) mass is 243 g/mol. The van der Waals surface area contributed by atoms with Crippen LogP contribution in [0, 0.1) is 5.82 Å². The molecule has 2 heteroatoms. The van der Waals surface area contributed by atoms with Crippen LogP contribution in [0.5, 0.6) is 0 Å². The van der Waals surface area contributed by atoms with E-state index in [1.165, 1.54) is 17.2 Å². The fourth-order valence-corrected chi connectivity index (χ4v) is 2.01. The Kier molecular flexibility index (Phi) is 4.48. The number of hydrogen-bond donors (Lipinski definition) is 1. The molecule has 2 rings (SSSR count). The second kappa shape index (κ2) is 6.31. The lowest BCUT2D eigenvalue weighted by Crippen LogP contribution is -2.00. The van der Waals surface area contributed by atoms with E-state index in [0.717, 1.165) is 31.4 Å². The molecule has 0 spiro atoms. The van der Waals surface area contributed by atoms with Gasteiger partial charge in [-0.05, 0) is 54.6 Å². The summed E-state index contributed by atoms with van der Waals surface area (Å²) in [5.41, 5.74) is 9.01. The quantitative estimate of drug-likeness (QED) is 0.856. The fraction of sp³-hybridized carbons (Fsp3) is 0.250. The molecule has 0 atom stereocenters. The van der Waals surface area contributed by atoms with Gasteiger partial charge in [0.1, 0.15) is 5.82 Å². The van der Waals surface area contributed by atoms with Crippen molar-refractivity contribution in [1.29, 1.82) is 0 Å². The van der Waals surface area contributed by atoms with Gasteiger partial charge in [-0.15, -0.1) is 0 Å². The van der Waals surface area contributed by atoms with Crippen LogP contribution in [0.3, 0.4) is 0 Å². The summed E-state index contributed by atoms with van der Waals surface area (Å²) >= 11 is 0. The number of halogens is 1. The molecule has 0 aliphatic carbocycles. The van der Waals surface area contributed by atoms with E-state index in [1.807, 2.05) is 6.07 Å². The third-order valence-corrected chi connectivity index (χ3v) is 2.99. The first kappa shape index (κ1) is 12.8. The molecule has 2 aromatic carbocycles. The Morgan fingerprint density at radius 3 is 2.28 bits per heavy atom. The lowest BCUT2D eigenvalue weighted by atomic mass is 10.0.